The minimum atomic E-state index is -0.653. The number of benzene rings is 3. The van der Waals surface area contributed by atoms with E-state index in [9.17, 15) is 19.2 Å². The fraction of sp³-hybridized carbons (Fsp3) is 0.138. The highest BCUT2D eigenvalue weighted by Crippen LogP contribution is 2.41. The van der Waals surface area contributed by atoms with Crippen molar-refractivity contribution in [2.45, 2.75) is 12.8 Å². The molecule has 1 heterocycles. The van der Waals surface area contributed by atoms with E-state index < -0.39 is 11.7 Å². The Morgan fingerprint density at radius 2 is 1.71 bits per heavy atom. The summed E-state index contributed by atoms with van der Waals surface area (Å²) in [6.45, 7) is 1.76. The lowest BCUT2D eigenvalue weighted by atomic mass is 9.82. The monoisotopic (exact) mass is 528 g/mol. The van der Waals surface area contributed by atoms with Crippen LogP contribution in [0.25, 0.3) is 0 Å². The average Bonchev–Trinajstić information content (AvgIpc) is 2.93. The third-order valence-corrected chi connectivity index (χ3v) is 6.87. The minimum absolute atomic E-state index is 0.00240. The van der Waals surface area contributed by atoms with Gasteiger partial charge in [-0.1, -0.05) is 54.2 Å². The Labute approximate surface area is 224 Å². The third kappa shape index (κ3) is 6.05. The molecule has 0 aromatic heterocycles. The molecule has 2 amide bonds. The number of nitrogens with one attached hydrogen (secondary N) is 3. The van der Waals surface area contributed by atoms with E-state index in [4.69, 9.17) is 4.74 Å². The maximum Gasteiger partial charge on any atom is 0.254 e. The minimum Gasteiger partial charge on any atom is -0.495 e. The normalized spacial score (nSPS) is 14.8. The summed E-state index contributed by atoms with van der Waals surface area (Å²) in [7, 11) is 1.52. The van der Waals surface area contributed by atoms with Crippen LogP contribution >= 0.6 is 11.8 Å². The van der Waals surface area contributed by atoms with E-state index >= 15 is 0 Å². The molecule has 3 N–H and O–H groups in total. The van der Waals surface area contributed by atoms with E-state index in [1.807, 2.05) is 30.3 Å². The van der Waals surface area contributed by atoms with E-state index in [1.165, 1.54) is 31.4 Å². The van der Waals surface area contributed by atoms with Gasteiger partial charge < -0.3 is 20.7 Å². The van der Waals surface area contributed by atoms with Crippen molar-refractivity contribution in [1.82, 2.24) is 5.32 Å². The van der Waals surface area contributed by atoms with Crippen molar-refractivity contribution in [2.75, 3.05) is 23.5 Å². The first-order valence-electron chi connectivity index (χ1n) is 11.7. The van der Waals surface area contributed by atoms with Crippen LogP contribution in [-0.2, 0) is 9.59 Å². The Bertz CT molecular complexity index is 1450. The quantitative estimate of drug-likeness (QED) is 0.355. The molecule has 0 aliphatic carbocycles. The predicted molar refractivity (Wildman–Crippen MR) is 147 cm³/mol. The smallest absolute Gasteiger partial charge is 0.254 e. The van der Waals surface area contributed by atoms with E-state index in [0.29, 0.717) is 39.0 Å². The van der Waals surface area contributed by atoms with Crippen molar-refractivity contribution in [3.8, 4) is 11.8 Å². The van der Waals surface area contributed by atoms with E-state index in [0.717, 1.165) is 17.3 Å². The summed E-state index contributed by atoms with van der Waals surface area (Å²) < 4.78 is 18.5. The first-order chi connectivity index (χ1) is 18.4. The topological polar surface area (TPSA) is 103 Å². The lowest BCUT2D eigenvalue weighted by molar-refractivity contribution is -0.114. The van der Waals surface area contributed by atoms with Gasteiger partial charge in [0.15, 0.2) is 0 Å². The van der Waals surface area contributed by atoms with Gasteiger partial charge in [0.05, 0.1) is 41.1 Å². The number of anilines is 2. The highest BCUT2D eigenvalue weighted by Gasteiger charge is 2.35. The molecule has 0 fully saturated rings. The number of methoxy groups -OCH3 is 1. The number of rotatable bonds is 8. The summed E-state index contributed by atoms with van der Waals surface area (Å²) in [6, 6.07) is 24.1. The Kier molecular flexibility index (Phi) is 8.46. The summed E-state index contributed by atoms with van der Waals surface area (Å²) >= 11 is 1.16. The Morgan fingerprint density at radius 3 is 2.39 bits per heavy atom. The number of nitrogens with zero attached hydrogens (tertiary/aromatic N) is 1. The van der Waals surface area contributed by atoms with Gasteiger partial charge in [0.1, 0.15) is 11.6 Å². The van der Waals surface area contributed by atoms with Gasteiger partial charge in [-0.05, 0) is 48.9 Å². The predicted octanol–water partition coefficient (Wildman–Crippen LogP) is 5.54. The first-order valence-corrected chi connectivity index (χ1v) is 12.7. The highest BCUT2D eigenvalue weighted by molar-refractivity contribution is 8.03. The number of hydrogen-bond donors (Lipinski definition) is 3. The number of carbonyl (C=O) groups excluding carboxylic acids is 2. The first kappa shape index (κ1) is 26.5. The van der Waals surface area contributed by atoms with Gasteiger partial charge >= 0.3 is 0 Å². The number of amides is 2. The van der Waals surface area contributed by atoms with Crippen LogP contribution in [0.3, 0.4) is 0 Å². The van der Waals surface area contributed by atoms with Gasteiger partial charge in [-0.15, -0.1) is 0 Å². The standard InChI is InChI=1S/C29H25FN4O3S/c1-18-26(28(36)34-23-10-6-7-11-24(23)37-2)27(19-8-4-3-5-9-19)22(16-31)29(32-18)38-17-25(35)33-21-14-12-20(30)13-15-21/h3-15,27,32H,17H2,1-2H3,(H,33,35)(H,34,36). The average molecular weight is 529 g/mol. The summed E-state index contributed by atoms with van der Waals surface area (Å²) in [4.78, 5) is 26.2. The van der Waals surface area contributed by atoms with Crippen LogP contribution in [0.4, 0.5) is 15.8 Å². The van der Waals surface area contributed by atoms with Gasteiger partial charge in [-0.3, -0.25) is 9.59 Å². The summed E-state index contributed by atoms with van der Waals surface area (Å²) in [5, 5.41) is 19.5. The molecule has 192 valence electrons. The van der Waals surface area contributed by atoms with Gasteiger partial charge in [0.25, 0.3) is 5.91 Å². The number of thioether (sulfide) groups is 1. The maximum atomic E-state index is 13.6. The molecule has 1 aliphatic rings. The SMILES string of the molecule is COc1ccccc1NC(=O)C1=C(C)NC(SCC(=O)Nc2ccc(F)cc2)=C(C#N)C1c1ccccc1. The Morgan fingerprint density at radius 1 is 1.03 bits per heavy atom. The second-order valence-electron chi connectivity index (χ2n) is 8.36. The van der Waals surface area contributed by atoms with Crippen molar-refractivity contribution < 1.29 is 18.7 Å². The van der Waals surface area contributed by atoms with Crippen molar-refractivity contribution in [1.29, 1.82) is 5.26 Å². The summed E-state index contributed by atoms with van der Waals surface area (Å²) in [5.74, 6) is -1.22. The maximum absolute atomic E-state index is 13.6. The molecule has 3 aromatic rings. The Balaban J connectivity index is 1.61. The molecule has 38 heavy (non-hydrogen) atoms. The van der Waals surface area contributed by atoms with Crippen molar-refractivity contribution in [2.24, 2.45) is 0 Å². The molecule has 0 radical (unpaired) electrons. The zero-order valence-corrected chi connectivity index (χ0v) is 21.6. The van der Waals surface area contributed by atoms with Gasteiger partial charge in [-0.2, -0.15) is 5.26 Å². The fourth-order valence-electron chi connectivity index (χ4n) is 4.11. The molecule has 0 spiro atoms. The molecule has 0 bridgehead atoms. The van der Waals surface area contributed by atoms with Gasteiger partial charge in [0.2, 0.25) is 5.91 Å². The fourth-order valence-corrected chi connectivity index (χ4v) is 5.00. The molecule has 1 aliphatic heterocycles. The second kappa shape index (κ2) is 12.1. The number of dihydropyridines is 1. The lowest BCUT2D eigenvalue weighted by Crippen LogP contribution is -2.31. The van der Waals surface area contributed by atoms with E-state index in [2.05, 4.69) is 22.0 Å². The van der Waals surface area contributed by atoms with Crippen molar-refractivity contribution in [3.05, 3.63) is 112 Å². The van der Waals surface area contributed by atoms with Crippen LogP contribution in [-0.4, -0.2) is 24.7 Å². The van der Waals surface area contributed by atoms with Crippen LogP contribution in [0.1, 0.15) is 18.4 Å². The molecular weight excluding hydrogens is 503 g/mol. The van der Waals surface area contributed by atoms with Gasteiger partial charge in [0, 0.05) is 17.0 Å². The summed E-state index contributed by atoms with van der Waals surface area (Å²) in [5.41, 5.74) is 3.02. The number of carbonyl (C=O) groups is 2. The summed E-state index contributed by atoms with van der Waals surface area (Å²) in [6.07, 6.45) is 0. The molecule has 0 saturated heterocycles. The number of para-hydroxylation sites is 2. The molecule has 1 atom stereocenters. The molecule has 7 nitrogen and oxygen atoms in total. The van der Waals surface area contributed by atoms with E-state index in [-0.39, 0.29) is 17.6 Å². The third-order valence-electron chi connectivity index (χ3n) is 5.86. The van der Waals surface area contributed by atoms with Crippen LogP contribution in [0.5, 0.6) is 5.75 Å². The molecule has 3 aromatic carbocycles. The second-order valence-corrected chi connectivity index (χ2v) is 9.35. The largest absolute Gasteiger partial charge is 0.495 e. The van der Waals surface area contributed by atoms with Crippen LogP contribution < -0.4 is 20.7 Å². The Hall–Kier alpha value is -4.55. The molecule has 4 rings (SSSR count). The number of nitriles is 1. The van der Waals surface area contributed by atoms with Crippen LogP contribution in [0.2, 0.25) is 0 Å². The van der Waals surface area contributed by atoms with E-state index in [1.54, 1.807) is 31.2 Å². The van der Waals surface area contributed by atoms with Crippen LogP contribution in [0.15, 0.2) is 101 Å². The van der Waals surface area contributed by atoms with Crippen molar-refractivity contribution in [3.63, 3.8) is 0 Å². The zero-order chi connectivity index (χ0) is 27.1. The molecule has 1 unspecified atom stereocenters. The van der Waals surface area contributed by atoms with Crippen LogP contribution in [0, 0.1) is 17.1 Å². The molecule has 0 saturated carbocycles. The number of allylic oxidation sites excluding steroid dienone is 2. The number of hydrogen-bond acceptors (Lipinski definition) is 6. The van der Waals surface area contributed by atoms with Gasteiger partial charge in [-0.25, -0.2) is 4.39 Å². The number of ether oxygens (including phenoxy) is 1. The zero-order valence-electron chi connectivity index (χ0n) is 20.7. The molecule has 9 heteroatoms. The lowest BCUT2D eigenvalue weighted by Gasteiger charge is -2.30. The molecular formula is C29H25FN4O3S. The number of halogens is 1. The highest BCUT2D eigenvalue weighted by atomic mass is 32.2. The van der Waals surface area contributed by atoms with Crippen molar-refractivity contribution >= 4 is 35.0 Å².